The Morgan fingerprint density at radius 2 is 1.55 bits per heavy atom. The molecule has 106 valence electrons. The summed E-state index contributed by atoms with van der Waals surface area (Å²) in [6, 6.07) is 21.2. The van der Waals surface area contributed by atoms with Gasteiger partial charge in [-0.2, -0.15) is 5.26 Å². The predicted octanol–water partition coefficient (Wildman–Crippen LogP) is 4.40. The number of carbonyl (C=O) groups is 1. The van der Waals surface area contributed by atoms with Crippen LogP contribution in [0, 0.1) is 18.3 Å². The van der Waals surface area contributed by atoms with Crippen LogP contribution in [0.5, 0.6) is 0 Å². The molecule has 0 heterocycles. The Labute approximate surface area is 130 Å². The van der Waals surface area contributed by atoms with Crippen LogP contribution in [0.4, 0.5) is 0 Å². The first-order valence-corrected chi connectivity index (χ1v) is 7.21. The first-order chi connectivity index (χ1) is 10.7. The second-order valence-corrected chi connectivity index (χ2v) is 5.25. The summed E-state index contributed by atoms with van der Waals surface area (Å²) in [5.74, 6) is 0.0125. The summed E-state index contributed by atoms with van der Waals surface area (Å²) < 4.78 is 0. The van der Waals surface area contributed by atoms with Crippen molar-refractivity contribution in [1.82, 2.24) is 0 Å². The minimum atomic E-state index is 0.0125. The zero-order valence-corrected chi connectivity index (χ0v) is 12.3. The smallest absolute Gasteiger partial charge is 0.193 e. The van der Waals surface area contributed by atoms with Crippen LogP contribution in [0.1, 0.15) is 27.0 Å². The van der Waals surface area contributed by atoms with Gasteiger partial charge in [-0.15, -0.1) is 0 Å². The Morgan fingerprint density at radius 1 is 0.955 bits per heavy atom. The molecule has 0 aromatic heterocycles. The normalized spacial score (nSPS) is 10.4. The summed E-state index contributed by atoms with van der Waals surface area (Å²) in [6.45, 7) is 1.93. The van der Waals surface area contributed by atoms with E-state index in [0.717, 1.165) is 22.3 Å². The van der Waals surface area contributed by atoms with Crippen LogP contribution in [0.3, 0.4) is 0 Å². The summed E-state index contributed by atoms with van der Waals surface area (Å²) in [6.07, 6.45) is 0.314. The number of ketones is 1. The van der Waals surface area contributed by atoms with E-state index in [4.69, 9.17) is 5.26 Å². The monoisotopic (exact) mass is 285 g/mol. The minimum Gasteiger partial charge on any atom is -0.289 e. The van der Waals surface area contributed by atoms with Crippen molar-refractivity contribution >= 4 is 5.78 Å². The van der Waals surface area contributed by atoms with Crippen molar-refractivity contribution < 1.29 is 4.79 Å². The third-order valence-corrected chi connectivity index (χ3v) is 3.98. The molecule has 1 aromatic carbocycles. The molecule has 0 amide bonds. The average molecular weight is 285 g/mol. The number of carbonyl (C=O) groups excluding carboxylic acids is 1. The fourth-order valence-electron chi connectivity index (χ4n) is 2.92. The molecule has 2 heteroatoms. The molecule has 0 spiro atoms. The maximum absolute atomic E-state index is 12.9. The van der Waals surface area contributed by atoms with Gasteiger partial charge in [0.05, 0.1) is 12.5 Å². The van der Waals surface area contributed by atoms with Crippen LogP contribution in [0.2, 0.25) is 0 Å². The van der Waals surface area contributed by atoms with Gasteiger partial charge < -0.3 is 0 Å². The Kier molecular flexibility index (Phi) is 3.72. The van der Waals surface area contributed by atoms with Crippen molar-refractivity contribution in [2.45, 2.75) is 13.3 Å². The van der Waals surface area contributed by atoms with Crippen molar-refractivity contribution in [1.29, 1.82) is 5.26 Å². The van der Waals surface area contributed by atoms with Gasteiger partial charge in [0.15, 0.2) is 5.78 Å². The third kappa shape index (κ3) is 2.27. The Balaban J connectivity index is 2.25. The highest BCUT2D eigenvalue weighted by atomic mass is 16.1. The van der Waals surface area contributed by atoms with Gasteiger partial charge in [0.2, 0.25) is 0 Å². The summed E-state index contributed by atoms with van der Waals surface area (Å²) in [5, 5.41) is 9.10. The maximum Gasteiger partial charge on any atom is 0.193 e. The van der Waals surface area contributed by atoms with E-state index in [9.17, 15) is 4.79 Å². The highest BCUT2D eigenvalue weighted by Crippen LogP contribution is 2.37. The van der Waals surface area contributed by atoms with E-state index < -0.39 is 0 Å². The van der Waals surface area contributed by atoms with E-state index in [1.807, 2.05) is 67.6 Å². The van der Waals surface area contributed by atoms with Crippen LogP contribution in [-0.4, -0.2) is 5.78 Å². The Morgan fingerprint density at radius 3 is 2.18 bits per heavy atom. The lowest BCUT2D eigenvalue weighted by atomic mass is 9.99. The molecule has 0 bridgehead atoms. The van der Waals surface area contributed by atoms with Gasteiger partial charge in [-0.3, -0.25) is 4.79 Å². The number of hydrogen-bond donors (Lipinski definition) is 0. The number of rotatable bonds is 3. The van der Waals surface area contributed by atoms with Crippen molar-refractivity contribution in [3.63, 3.8) is 0 Å². The zero-order chi connectivity index (χ0) is 15.5. The zero-order valence-electron chi connectivity index (χ0n) is 12.3. The van der Waals surface area contributed by atoms with E-state index in [2.05, 4.69) is 6.07 Å². The molecule has 2 aliphatic carbocycles. The number of fused-ring (bicyclic) bond motifs is 1. The lowest BCUT2D eigenvalue weighted by Gasteiger charge is -2.03. The SMILES string of the molecule is Cc1c(CC#N)c2cccccc-2c1C(=O)c1ccccc1. The van der Waals surface area contributed by atoms with Gasteiger partial charge in [-0.05, 0) is 29.2 Å². The van der Waals surface area contributed by atoms with Crippen LogP contribution in [-0.2, 0) is 6.42 Å². The van der Waals surface area contributed by atoms with Crippen molar-refractivity contribution in [3.8, 4) is 17.2 Å². The first-order valence-electron chi connectivity index (χ1n) is 7.21. The molecule has 0 saturated carbocycles. The number of hydrogen-bond acceptors (Lipinski definition) is 2. The van der Waals surface area contributed by atoms with Gasteiger partial charge in [0.1, 0.15) is 0 Å². The molecular formula is C20H15NO. The largest absolute Gasteiger partial charge is 0.289 e. The molecule has 0 atom stereocenters. The fourth-order valence-corrected chi connectivity index (χ4v) is 2.92. The first kappa shape index (κ1) is 14.0. The third-order valence-electron chi connectivity index (χ3n) is 3.98. The lowest BCUT2D eigenvalue weighted by molar-refractivity contribution is 0.103. The molecule has 0 saturated heterocycles. The molecule has 0 aliphatic heterocycles. The Bertz CT molecular complexity index is 843. The summed E-state index contributed by atoms with van der Waals surface area (Å²) in [4.78, 5) is 12.9. The van der Waals surface area contributed by atoms with Crippen molar-refractivity contribution in [2.24, 2.45) is 0 Å². The topological polar surface area (TPSA) is 40.9 Å². The van der Waals surface area contributed by atoms with Crippen LogP contribution in [0.25, 0.3) is 11.1 Å². The van der Waals surface area contributed by atoms with Gasteiger partial charge >= 0.3 is 0 Å². The molecule has 0 N–H and O–H groups in total. The predicted molar refractivity (Wildman–Crippen MR) is 87.0 cm³/mol. The molecule has 22 heavy (non-hydrogen) atoms. The van der Waals surface area contributed by atoms with Gasteiger partial charge in [0.25, 0.3) is 0 Å². The lowest BCUT2D eigenvalue weighted by Crippen LogP contribution is -2.02. The van der Waals surface area contributed by atoms with E-state index in [1.54, 1.807) is 0 Å². The number of benzene rings is 1. The van der Waals surface area contributed by atoms with Crippen LogP contribution in [0.15, 0.2) is 60.7 Å². The van der Waals surface area contributed by atoms with Crippen LogP contribution >= 0.6 is 0 Å². The fraction of sp³-hybridized carbons (Fsp3) is 0.100. The van der Waals surface area contributed by atoms with E-state index in [-0.39, 0.29) is 5.78 Å². The van der Waals surface area contributed by atoms with Crippen molar-refractivity contribution in [2.75, 3.05) is 0 Å². The van der Waals surface area contributed by atoms with Crippen LogP contribution < -0.4 is 0 Å². The standard InChI is InChI=1S/C20H15NO/c1-14-16(12-13-21)17-10-6-3-7-11-18(17)19(14)20(22)15-8-4-2-5-9-15/h2-11H,12H2,1H3. The van der Waals surface area contributed by atoms with Crippen molar-refractivity contribution in [3.05, 3.63) is 82.9 Å². The van der Waals surface area contributed by atoms with E-state index in [0.29, 0.717) is 17.5 Å². The molecular weight excluding hydrogens is 270 g/mol. The van der Waals surface area contributed by atoms with Gasteiger partial charge in [-0.1, -0.05) is 60.7 Å². The Hall–Kier alpha value is -2.92. The van der Waals surface area contributed by atoms with E-state index >= 15 is 0 Å². The highest BCUT2D eigenvalue weighted by Gasteiger charge is 2.24. The molecule has 0 unspecified atom stereocenters. The average Bonchev–Trinajstić information content (AvgIpc) is 2.71. The summed E-state index contributed by atoms with van der Waals surface area (Å²) >= 11 is 0. The molecule has 2 nitrogen and oxygen atoms in total. The second-order valence-electron chi connectivity index (χ2n) is 5.25. The maximum atomic E-state index is 12.9. The molecule has 2 aliphatic rings. The van der Waals surface area contributed by atoms with E-state index in [1.165, 1.54) is 0 Å². The molecule has 0 radical (unpaired) electrons. The van der Waals surface area contributed by atoms with Gasteiger partial charge in [0, 0.05) is 11.1 Å². The number of nitriles is 1. The molecule has 0 fully saturated rings. The minimum absolute atomic E-state index is 0.0125. The summed E-state index contributed by atoms with van der Waals surface area (Å²) in [5.41, 5.74) is 5.16. The summed E-state index contributed by atoms with van der Waals surface area (Å²) in [7, 11) is 0. The quantitative estimate of drug-likeness (QED) is 0.669. The highest BCUT2D eigenvalue weighted by molar-refractivity contribution is 6.15. The molecule has 3 rings (SSSR count). The number of nitrogens with zero attached hydrogens (tertiary/aromatic N) is 1. The molecule has 1 aromatic rings. The van der Waals surface area contributed by atoms with Gasteiger partial charge in [-0.25, -0.2) is 0 Å². The second kappa shape index (κ2) is 5.83.